The third-order valence-electron chi connectivity index (χ3n) is 3.75. The number of rotatable bonds is 2. The van der Waals surface area contributed by atoms with Crippen molar-refractivity contribution >= 4 is 11.5 Å². The summed E-state index contributed by atoms with van der Waals surface area (Å²) in [5, 5.41) is 3.32. The number of carbonyl (C=O) groups excluding carboxylic acids is 1. The maximum absolute atomic E-state index is 13.3. The summed E-state index contributed by atoms with van der Waals surface area (Å²) < 4.78 is 13.3. The monoisotopic (exact) mass is 269 g/mol. The van der Waals surface area contributed by atoms with Crippen molar-refractivity contribution < 1.29 is 9.18 Å². The molecule has 0 unspecified atom stereocenters. The molecule has 1 aliphatic rings. The molecule has 3 heteroatoms. The summed E-state index contributed by atoms with van der Waals surface area (Å²) in [4.78, 5) is 12.5. The highest BCUT2D eigenvalue weighted by Crippen LogP contribution is 2.25. The van der Waals surface area contributed by atoms with Gasteiger partial charge in [-0.15, -0.1) is 0 Å². The van der Waals surface area contributed by atoms with Gasteiger partial charge in [0.25, 0.3) is 0 Å². The van der Waals surface area contributed by atoms with Crippen molar-refractivity contribution in [3.8, 4) is 0 Å². The second kappa shape index (κ2) is 5.08. The first-order valence-corrected chi connectivity index (χ1v) is 6.83. The van der Waals surface area contributed by atoms with Crippen molar-refractivity contribution in [3.63, 3.8) is 0 Å². The second-order valence-electron chi connectivity index (χ2n) is 5.19. The number of benzene rings is 2. The summed E-state index contributed by atoms with van der Waals surface area (Å²) in [7, 11) is 0. The number of halogens is 1. The molecule has 0 aliphatic carbocycles. The van der Waals surface area contributed by atoms with Crippen molar-refractivity contribution in [1.82, 2.24) is 0 Å². The Morgan fingerprint density at radius 1 is 1.20 bits per heavy atom. The van der Waals surface area contributed by atoms with Crippen LogP contribution in [0.1, 0.15) is 33.5 Å². The maximum atomic E-state index is 13.3. The third kappa shape index (κ3) is 2.31. The molecule has 1 heterocycles. The Labute approximate surface area is 117 Å². The largest absolute Gasteiger partial charge is 0.385 e. The fraction of sp³-hybridized carbons (Fsp3) is 0.235. The molecular weight excluding hydrogens is 253 g/mol. The topological polar surface area (TPSA) is 29.1 Å². The summed E-state index contributed by atoms with van der Waals surface area (Å²) in [5.41, 5.74) is 4.13. The fourth-order valence-corrected chi connectivity index (χ4v) is 2.61. The van der Waals surface area contributed by atoms with Crippen LogP contribution in [0.2, 0.25) is 0 Å². The van der Waals surface area contributed by atoms with Crippen LogP contribution in [0.3, 0.4) is 0 Å². The van der Waals surface area contributed by atoms with Gasteiger partial charge in [-0.1, -0.05) is 6.07 Å². The molecule has 2 aromatic rings. The molecule has 102 valence electrons. The SMILES string of the molecule is Cc1ccc(F)cc1C(=O)c1ccc2c(c1)CCCN2. The molecule has 0 saturated carbocycles. The number of hydrogen-bond acceptors (Lipinski definition) is 2. The lowest BCUT2D eigenvalue weighted by atomic mass is 9.95. The van der Waals surface area contributed by atoms with Crippen LogP contribution in [0.5, 0.6) is 0 Å². The highest BCUT2D eigenvalue weighted by atomic mass is 19.1. The molecule has 0 saturated heterocycles. The zero-order valence-corrected chi connectivity index (χ0v) is 11.4. The number of aryl methyl sites for hydroxylation is 2. The van der Waals surface area contributed by atoms with Crippen LogP contribution in [0.25, 0.3) is 0 Å². The average molecular weight is 269 g/mol. The Morgan fingerprint density at radius 2 is 2.05 bits per heavy atom. The van der Waals surface area contributed by atoms with Crippen molar-refractivity contribution in [2.75, 3.05) is 11.9 Å². The van der Waals surface area contributed by atoms with E-state index in [0.717, 1.165) is 36.2 Å². The molecule has 0 spiro atoms. The van der Waals surface area contributed by atoms with E-state index in [0.29, 0.717) is 11.1 Å². The highest BCUT2D eigenvalue weighted by molar-refractivity contribution is 6.10. The lowest BCUT2D eigenvalue weighted by Gasteiger charge is -2.18. The first kappa shape index (κ1) is 12.9. The van der Waals surface area contributed by atoms with Crippen LogP contribution in [0, 0.1) is 12.7 Å². The number of hydrogen-bond donors (Lipinski definition) is 1. The Bertz CT molecular complexity index is 679. The van der Waals surface area contributed by atoms with Crippen molar-refractivity contribution in [3.05, 3.63) is 64.5 Å². The molecule has 1 N–H and O–H groups in total. The van der Waals surface area contributed by atoms with E-state index in [4.69, 9.17) is 0 Å². The summed E-state index contributed by atoms with van der Waals surface area (Å²) in [6, 6.07) is 10.0. The van der Waals surface area contributed by atoms with Gasteiger partial charge >= 0.3 is 0 Å². The third-order valence-corrected chi connectivity index (χ3v) is 3.75. The second-order valence-corrected chi connectivity index (χ2v) is 5.19. The molecular formula is C17H16FNO. The standard InChI is InChI=1S/C17H16FNO/c1-11-4-6-14(18)10-15(11)17(20)13-5-7-16-12(9-13)3-2-8-19-16/h4-7,9-10,19H,2-3,8H2,1H3. The number of carbonyl (C=O) groups is 1. The minimum Gasteiger partial charge on any atom is -0.385 e. The molecule has 0 amide bonds. The van der Waals surface area contributed by atoms with Crippen LogP contribution in [0.4, 0.5) is 10.1 Å². The minimum atomic E-state index is -0.376. The van der Waals surface area contributed by atoms with Gasteiger partial charge in [-0.3, -0.25) is 4.79 Å². The first-order chi connectivity index (χ1) is 9.65. The maximum Gasteiger partial charge on any atom is 0.193 e. The van der Waals surface area contributed by atoms with Crippen molar-refractivity contribution in [2.24, 2.45) is 0 Å². The van der Waals surface area contributed by atoms with E-state index in [-0.39, 0.29) is 11.6 Å². The van der Waals surface area contributed by atoms with Crippen LogP contribution < -0.4 is 5.32 Å². The molecule has 1 aliphatic heterocycles. The zero-order chi connectivity index (χ0) is 14.1. The lowest BCUT2D eigenvalue weighted by molar-refractivity contribution is 0.103. The van der Waals surface area contributed by atoms with E-state index in [2.05, 4.69) is 5.32 Å². The molecule has 0 radical (unpaired) electrons. The van der Waals surface area contributed by atoms with Gasteiger partial charge in [0.1, 0.15) is 5.82 Å². The molecule has 0 fully saturated rings. The summed E-state index contributed by atoms with van der Waals surface area (Å²) in [6.45, 7) is 2.80. The molecule has 2 nitrogen and oxygen atoms in total. The van der Waals surface area contributed by atoms with Crippen molar-refractivity contribution in [2.45, 2.75) is 19.8 Å². The average Bonchev–Trinajstić information content (AvgIpc) is 2.48. The van der Waals surface area contributed by atoms with Crippen LogP contribution in [0.15, 0.2) is 36.4 Å². The fourth-order valence-electron chi connectivity index (χ4n) is 2.61. The van der Waals surface area contributed by atoms with E-state index in [1.165, 1.54) is 12.1 Å². The minimum absolute atomic E-state index is 0.115. The predicted molar refractivity (Wildman–Crippen MR) is 77.8 cm³/mol. The van der Waals surface area contributed by atoms with E-state index < -0.39 is 0 Å². The number of nitrogens with one attached hydrogen (secondary N) is 1. The smallest absolute Gasteiger partial charge is 0.193 e. The van der Waals surface area contributed by atoms with E-state index in [1.54, 1.807) is 6.07 Å². The van der Waals surface area contributed by atoms with Gasteiger partial charge in [0, 0.05) is 23.4 Å². The summed E-state index contributed by atoms with van der Waals surface area (Å²) >= 11 is 0. The number of ketones is 1. The van der Waals surface area contributed by atoms with Crippen LogP contribution in [-0.2, 0) is 6.42 Å². The molecule has 20 heavy (non-hydrogen) atoms. The lowest BCUT2D eigenvalue weighted by Crippen LogP contribution is -2.13. The predicted octanol–water partition coefficient (Wildman–Crippen LogP) is 3.72. The quantitative estimate of drug-likeness (QED) is 0.842. The van der Waals surface area contributed by atoms with Gasteiger partial charge in [-0.25, -0.2) is 4.39 Å². The molecule has 0 aromatic heterocycles. The molecule has 2 aromatic carbocycles. The summed E-state index contributed by atoms with van der Waals surface area (Å²) in [6.07, 6.45) is 2.05. The van der Waals surface area contributed by atoms with E-state index >= 15 is 0 Å². The Balaban J connectivity index is 2.00. The molecule has 0 bridgehead atoms. The molecule has 0 atom stereocenters. The van der Waals surface area contributed by atoms with Gasteiger partial charge in [-0.05, 0) is 61.2 Å². The Morgan fingerprint density at radius 3 is 2.90 bits per heavy atom. The molecule has 3 rings (SSSR count). The van der Waals surface area contributed by atoms with Gasteiger partial charge < -0.3 is 5.32 Å². The first-order valence-electron chi connectivity index (χ1n) is 6.83. The zero-order valence-electron chi connectivity index (χ0n) is 11.4. The Kier molecular flexibility index (Phi) is 3.26. The van der Waals surface area contributed by atoms with Crippen molar-refractivity contribution in [1.29, 1.82) is 0 Å². The number of anilines is 1. The van der Waals surface area contributed by atoms with Gasteiger partial charge in [0.15, 0.2) is 5.78 Å². The van der Waals surface area contributed by atoms with Gasteiger partial charge in [0.2, 0.25) is 0 Å². The van der Waals surface area contributed by atoms with Crippen LogP contribution in [-0.4, -0.2) is 12.3 Å². The van der Waals surface area contributed by atoms with E-state index in [1.807, 2.05) is 25.1 Å². The van der Waals surface area contributed by atoms with Crippen LogP contribution >= 0.6 is 0 Å². The highest BCUT2D eigenvalue weighted by Gasteiger charge is 2.16. The number of fused-ring (bicyclic) bond motifs is 1. The van der Waals surface area contributed by atoms with E-state index in [9.17, 15) is 9.18 Å². The Hall–Kier alpha value is -2.16. The van der Waals surface area contributed by atoms with Gasteiger partial charge in [-0.2, -0.15) is 0 Å². The van der Waals surface area contributed by atoms with Gasteiger partial charge in [0.05, 0.1) is 0 Å². The summed E-state index contributed by atoms with van der Waals surface area (Å²) in [5.74, 6) is -0.492. The normalized spacial score (nSPS) is 13.5.